The van der Waals surface area contributed by atoms with Crippen LogP contribution in [0.1, 0.15) is 29.8 Å². The summed E-state index contributed by atoms with van der Waals surface area (Å²) in [6.45, 7) is 3.66. The molecule has 110 valence electrons. The van der Waals surface area contributed by atoms with Crippen molar-refractivity contribution in [1.82, 2.24) is 15.2 Å². The Bertz CT molecular complexity index is 507. The van der Waals surface area contributed by atoms with Gasteiger partial charge in [0.1, 0.15) is 5.69 Å². The molecule has 0 aliphatic carbocycles. The van der Waals surface area contributed by atoms with Gasteiger partial charge in [-0.05, 0) is 25.9 Å². The highest BCUT2D eigenvalue weighted by Gasteiger charge is 2.11. The average molecular weight is 279 g/mol. The van der Waals surface area contributed by atoms with Crippen molar-refractivity contribution in [2.45, 2.75) is 19.3 Å². The molecule has 0 unspecified atom stereocenters. The summed E-state index contributed by atoms with van der Waals surface area (Å²) in [6.07, 6.45) is 5.18. The van der Waals surface area contributed by atoms with Crippen molar-refractivity contribution in [3.05, 3.63) is 28.2 Å². The van der Waals surface area contributed by atoms with E-state index in [4.69, 9.17) is 4.74 Å². The number of piperidine rings is 1. The molecular weight excluding hydrogens is 258 g/mol. The highest BCUT2D eigenvalue weighted by atomic mass is 16.5. The predicted octanol–water partition coefficient (Wildman–Crippen LogP) is 0.599. The van der Waals surface area contributed by atoms with E-state index in [1.807, 2.05) is 0 Å². The molecule has 1 aliphatic rings. The third-order valence-electron chi connectivity index (χ3n) is 3.50. The number of aromatic amines is 1. The molecule has 2 heterocycles. The van der Waals surface area contributed by atoms with Crippen LogP contribution in [0.4, 0.5) is 0 Å². The number of ether oxygens (including phenoxy) is 1. The fourth-order valence-corrected chi connectivity index (χ4v) is 2.35. The zero-order valence-electron chi connectivity index (χ0n) is 11.8. The second kappa shape index (κ2) is 7.09. The van der Waals surface area contributed by atoms with Gasteiger partial charge >= 0.3 is 0 Å². The normalized spacial score (nSPS) is 15.8. The molecule has 0 saturated carbocycles. The monoisotopic (exact) mass is 279 g/mol. The maximum absolute atomic E-state index is 11.9. The molecule has 6 nitrogen and oxygen atoms in total. The van der Waals surface area contributed by atoms with Crippen LogP contribution in [0, 0.1) is 0 Å². The van der Waals surface area contributed by atoms with Gasteiger partial charge in [0, 0.05) is 25.4 Å². The lowest BCUT2D eigenvalue weighted by Crippen LogP contribution is -2.38. The Balaban J connectivity index is 1.82. The Hall–Kier alpha value is -1.82. The number of aromatic nitrogens is 1. The van der Waals surface area contributed by atoms with Gasteiger partial charge < -0.3 is 19.9 Å². The van der Waals surface area contributed by atoms with Crippen molar-refractivity contribution in [3.8, 4) is 5.75 Å². The lowest BCUT2D eigenvalue weighted by Gasteiger charge is -2.26. The molecular formula is C14H21N3O3. The maximum Gasteiger partial charge on any atom is 0.267 e. The van der Waals surface area contributed by atoms with Crippen LogP contribution in [0.5, 0.6) is 5.75 Å². The zero-order chi connectivity index (χ0) is 14.4. The van der Waals surface area contributed by atoms with Crippen molar-refractivity contribution in [2.75, 3.05) is 33.3 Å². The Morgan fingerprint density at radius 2 is 2.15 bits per heavy atom. The first-order valence-corrected chi connectivity index (χ1v) is 6.98. The molecule has 0 spiro atoms. The number of carbonyl (C=O) groups is 1. The fourth-order valence-electron chi connectivity index (χ4n) is 2.35. The topological polar surface area (TPSA) is 74.4 Å². The number of likely N-dealkylation sites (tertiary alicyclic amines) is 1. The Kier molecular flexibility index (Phi) is 5.17. The van der Waals surface area contributed by atoms with Crippen LogP contribution in [-0.2, 0) is 0 Å². The number of carbonyl (C=O) groups excluding carboxylic acids is 1. The van der Waals surface area contributed by atoms with Crippen LogP contribution in [0.2, 0.25) is 0 Å². The van der Waals surface area contributed by atoms with E-state index in [1.165, 1.54) is 38.6 Å². The highest BCUT2D eigenvalue weighted by Crippen LogP contribution is 2.07. The summed E-state index contributed by atoms with van der Waals surface area (Å²) in [4.78, 5) is 28.6. The van der Waals surface area contributed by atoms with E-state index in [1.54, 1.807) is 0 Å². The third-order valence-corrected chi connectivity index (χ3v) is 3.50. The fraction of sp³-hybridized carbons (Fsp3) is 0.571. The standard InChI is InChI=1S/C14H21N3O3/c1-20-13-10-16-11(9-12(13)18)14(19)15-5-8-17-6-3-2-4-7-17/h9-10H,2-8H2,1H3,(H,15,19)(H,16,18). The summed E-state index contributed by atoms with van der Waals surface area (Å²) >= 11 is 0. The van der Waals surface area contributed by atoms with E-state index < -0.39 is 0 Å². The lowest BCUT2D eigenvalue weighted by molar-refractivity contribution is 0.0941. The van der Waals surface area contributed by atoms with Gasteiger partial charge in [0.15, 0.2) is 5.75 Å². The Labute approximate surface area is 118 Å². The number of hydrogen-bond donors (Lipinski definition) is 2. The highest BCUT2D eigenvalue weighted by molar-refractivity contribution is 5.92. The van der Waals surface area contributed by atoms with Crippen LogP contribution < -0.4 is 15.5 Å². The van der Waals surface area contributed by atoms with Gasteiger partial charge in [-0.25, -0.2) is 0 Å². The van der Waals surface area contributed by atoms with Crippen LogP contribution >= 0.6 is 0 Å². The summed E-state index contributed by atoms with van der Waals surface area (Å²) in [7, 11) is 1.42. The lowest BCUT2D eigenvalue weighted by atomic mass is 10.1. The molecule has 0 aromatic carbocycles. The molecule has 1 amide bonds. The van der Waals surface area contributed by atoms with E-state index in [0.29, 0.717) is 6.54 Å². The summed E-state index contributed by atoms with van der Waals surface area (Å²) in [6, 6.07) is 1.26. The molecule has 1 aromatic rings. The minimum atomic E-state index is -0.299. The molecule has 1 aromatic heterocycles. The van der Waals surface area contributed by atoms with Crippen molar-refractivity contribution >= 4 is 5.91 Å². The van der Waals surface area contributed by atoms with Crippen LogP contribution in [0.3, 0.4) is 0 Å². The first kappa shape index (κ1) is 14.6. The van der Waals surface area contributed by atoms with E-state index >= 15 is 0 Å². The third kappa shape index (κ3) is 3.84. The first-order valence-electron chi connectivity index (χ1n) is 6.98. The minimum Gasteiger partial charge on any atom is -0.491 e. The smallest absolute Gasteiger partial charge is 0.267 e. The van der Waals surface area contributed by atoms with Gasteiger partial charge in [0.2, 0.25) is 5.43 Å². The molecule has 1 saturated heterocycles. The molecule has 2 N–H and O–H groups in total. The number of pyridine rings is 1. The molecule has 20 heavy (non-hydrogen) atoms. The number of H-pyrrole nitrogens is 1. The number of nitrogens with zero attached hydrogens (tertiary/aromatic N) is 1. The number of rotatable bonds is 5. The van der Waals surface area contributed by atoms with Crippen LogP contribution in [0.25, 0.3) is 0 Å². The van der Waals surface area contributed by atoms with Crippen molar-refractivity contribution < 1.29 is 9.53 Å². The van der Waals surface area contributed by atoms with Gasteiger partial charge in [0.25, 0.3) is 5.91 Å². The van der Waals surface area contributed by atoms with Gasteiger partial charge in [-0.3, -0.25) is 9.59 Å². The number of hydrogen-bond acceptors (Lipinski definition) is 4. The molecule has 0 bridgehead atoms. The quantitative estimate of drug-likeness (QED) is 0.827. The van der Waals surface area contributed by atoms with E-state index in [9.17, 15) is 9.59 Å². The van der Waals surface area contributed by atoms with Crippen LogP contribution in [-0.4, -0.2) is 49.1 Å². The Morgan fingerprint density at radius 3 is 2.80 bits per heavy atom. The largest absolute Gasteiger partial charge is 0.491 e. The molecule has 6 heteroatoms. The molecule has 1 fully saturated rings. The molecule has 0 radical (unpaired) electrons. The van der Waals surface area contributed by atoms with E-state index in [2.05, 4.69) is 15.2 Å². The number of methoxy groups -OCH3 is 1. The Morgan fingerprint density at radius 1 is 1.40 bits per heavy atom. The second-order valence-electron chi connectivity index (χ2n) is 4.94. The van der Waals surface area contributed by atoms with Gasteiger partial charge in [0.05, 0.1) is 7.11 Å². The van der Waals surface area contributed by atoms with Gasteiger partial charge in [-0.1, -0.05) is 6.42 Å². The SMILES string of the molecule is COc1c[nH]c(C(=O)NCCN2CCCCC2)cc1=O. The summed E-state index contributed by atoms with van der Waals surface area (Å²) in [5.74, 6) is -0.0587. The van der Waals surface area contributed by atoms with Crippen LogP contribution in [0.15, 0.2) is 17.1 Å². The second-order valence-corrected chi connectivity index (χ2v) is 4.94. The van der Waals surface area contributed by atoms with Crippen molar-refractivity contribution in [3.63, 3.8) is 0 Å². The van der Waals surface area contributed by atoms with E-state index in [0.717, 1.165) is 19.6 Å². The van der Waals surface area contributed by atoms with Crippen molar-refractivity contribution in [2.24, 2.45) is 0 Å². The number of nitrogens with one attached hydrogen (secondary N) is 2. The summed E-state index contributed by atoms with van der Waals surface area (Å²) in [5.41, 5.74) is -0.0399. The first-order chi connectivity index (χ1) is 9.70. The van der Waals surface area contributed by atoms with Gasteiger partial charge in [-0.2, -0.15) is 0 Å². The predicted molar refractivity (Wildman–Crippen MR) is 76.2 cm³/mol. The molecule has 2 rings (SSSR count). The zero-order valence-corrected chi connectivity index (χ0v) is 11.8. The molecule has 1 aliphatic heterocycles. The maximum atomic E-state index is 11.9. The number of amides is 1. The summed E-state index contributed by atoms with van der Waals surface area (Å²) < 4.78 is 4.86. The van der Waals surface area contributed by atoms with Crippen molar-refractivity contribution in [1.29, 1.82) is 0 Å². The minimum absolute atomic E-state index is 0.204. The average Bonchev–Trinajstić information content (AvgIpc) is 2.48. The molecule has 0 atom stereocenters. The van der Waals surface area contributed by atoms with Gasteiger partial charge in [-0.15, -0.1) is 0 Å². The summed E-state index contributed by atoms with van der Waals surface area (Å²) in [5, 5.41) is 2.82. The van der Waals surface area contributed by atoms with E-state index in [-0.39, 0.29) is 22.8 Å².